The van der Waals surface area contributed by atoms with Crippen LogP contribution < -0.4 is 0 Å². The van der Waals surface area contributed by atoms with Gasteiger partial charge in [-0.15, -0.1) is 0 Å². The molecule has 1 unspecified atom stereocenters. The lowest BCUT2D eigenvalue weighted by atomic mass is 9.97. The number of ketones is 1. The first-order valence-corrected chi connectivity index (χ1v) is 5.42. The summed E-state index contributed by atoms with van der Waals surface area (Å²) in [5.74, 6) is -0.142. The zero-order chi connectivity index (χ0) is 11.5. The maximum atomic E-state index is 11.5. The van der Waals surface area contributed by atoms with E-state index in [1.165, 1.54) is 0 Å². The van der Waals surface area contributed by atoms with Crippen LogP contribution in [0.4, 0.5) is 0 Å². The molecule has 2 aromatic carbocycles. The van der Waals surface area contributed by atoms with E-state index in [1.54, 1.807) is 13.0 Å². The highest BCUT2D eigenvalue weighted by molar-refractivity contribution is 5.92. The maximum absolute atomic E-state index is 11.5. The predicted octanol–water partition coefficient (Wildman–Crippen LogP) is 2.85. The third kappa shape index (κ3) is 1.84. The fourth-order valence-corrected chi connectivity index (χ4v) is 1.86. The van der Waals surface area contributed by atoms with Crippen LogP contribution in [0.1, 0.15) is 25.0 Å². The van der Waals surface area contributed by atoms with Crippen molar-refractivity contribution in [2.75, 3.05) is 0 Å². The summed E-state index contributed by atoms with van der Waals surface area (Å²) in [6.45, 7) is 1.76. The summed E-state index contributed by atoms with van der Waals surface area (Å²) in [5, 5.41) is 11.9. The molecular weight excluding hydrogens is 200 g/mol. The summed E-state index contributed by atoms with van der Waals surface area (Å²) < 4.78 is 0. The van der Waals surface area contributed by atoms with Crippen molar-refractivity contribution in [1.29, 1.82) is 0 Å². The van der Waals surface area contributed by atoms with Gasteiger partial charge in [0.2, 0.25) is 0 Å². The molecule has 0 saturated heterocycles. The van der Waals surface area contributed by atoms with Crippen molar-refractivity contribution in [3.8, 4) is 0 Å². The Morgan fingerprint density at radius 3 is 2.62 bits per heavy atom. The Kier molecular flexibility index (Phi) is 3.02. The molecule has 0 aliphatic carbocycles. The topological polar surface area (TPSA) is 37.3 Å². The molecule has 2 rings (SSSR count). The van der Waals surface area contributed by atoms with E-state index in [-0.39, 0.29) is 5.78 Å². The average molecular weight is 214 g/mol. The molecule has 2 nitrogen and oxygen atoms in total. The van der Waals surface area contributed by atoms with Crippen LogP contribution >= 0.6 is 0 Å². The smallest absolute Gasteiger partial charge is 0.165 e. The highest BCUT2D eigenvalue weighted by Crippen LogP contribution is 2.25. The first kappa shape index (κ1) is 10.8. The van der Waals surface area contributed by atoms with Crippen LogP contribution in [0.2, 0.25) is 0 Å². The predicted molar refractivity (Wildman–Crippen MR) is 64.2 cm³/mol. The molecule has 0 aliphatic heterocycles. The number of hydrogen-bond acceptors (Lipinski definition) is 2. The highest BCUT2D eigenvalue weighted by Gasteiger charge is 2.17. The van der Waals surface area contributed by atoms with Gasteiger partial charge in [-0.05, 0) is 16.3 Å². The molecule has 0 bridgehead atoms. The lowest BCUT2D eigenvalue weighted by Gasteiger charge is -2.11. The molecule has 2 aromatic rings. The Hall–Kier alpha value is -1.67. The molecule has 2 heteroatoms. The lowest BCUT2D eigenvalue weighted by Crippen LogP contribution is -2.10. The largest absolute Gasteiger partial charge is 0.381 e. The Morgan fingerprint density at radius 1 is 1.19 bits per heavy atom. The van der Waals surface area contributed by atoms with Gasteiger partial charge in [0.05, 0.1) is 0 Å². The maximum Gasteiger partial charge on any atom is 0.165 e. The Balaban J connectivity index is 2.56. The summed E-state index contributed by atoms with van der Waals surface area (Å²) in [7, 11) is 0. The van der Waals surface area contributed by atoms with E-state index in [0.717, 1.165) is 10.8 Å². The summed E-state index contributed by atoms with van der Waals surface area (Å²) in [4.78, 5) is 11.5. The fourth-order valence-electron chi connectivity index (χ4n) is 1.86. The molecule has 1 atom stereocenters. The van der Waals surface area contributed by atoms with E-state index in [2.05, 4.69) is 0 Å². The van der Waals surface area contributed by atoms with Gasteiger partial charge < -0.3 is 5.11 Å². The van der Waals surface area contributed by atoms with Crippen molar-refractivity contribution in [1.82, 2.24) is 0 Å². The summed E-state index contributed by atoms with van der Waals surface area (Å²) >= 11 is 0. The monoisotopic (exact) mass is 214 g/mol. The van der Waals surface area contributed by atoms with Crippen LogP contribution in [-0.4, -0.2) is 10.9 Å². The lowest BCUT2D eigenvalue weighted by molar-refractivity contribution is -0.127. The molecule has 16 heavy (non-hydrogen) atoms. The van der Waals surface area contributed by atoms with E-state index < -0.39 is 6.10 Å². The standard InChI is InChI=1S/C14H14O2/c1-2-13(15)14(16)12-9-5-7-10-6-3-4-8-11(10)12/h3-9,14,16H,2H2,1H3. The fraction of sp³-hybridized carbons (Fsp3) is 0.214. The Bertz CT molecular complexity index is 512. The van der Waals surface area contributed by atoms with Crippen LogP contribution in [0.15, 0.2) is 42.5 Å². The van der Waals surface area contributed by atoms with Gasteiger partial charge in [-0.1, -0.05) is 49.4 Å². The number of fused-ring (bicyclic) bond motifs is 1. The quantitative estimate of drug-likeness (QED) is 0.853. The second-order valence-electron chi connectivity index (χ2n) is 3.79. The van der Waals surface area contributed by atoms with E-state index in [9.17, 15) is 9.90 Å². The normalized spacial score (nSPS) is 12.6. The van der Waals surface area contributed by atoms with Crippen molar-refractivity contribution in [2.24, 2.45) is 0 Å². The molecule has 0 aromatic heterocycles. The number of rotatable bonds is 3. The number of hydrogen-bond donors (Lipinski definition) is 1. The number of carbonyl (C=O) groups is 1. The van der Waals surface area contributed by atoms with E-state index in [4.69, 9.17) is 0 Å². The zero-order valence-electron chi connectivity index (χ0n) is 9.18. The molecule has 1 N–H and O–H groups in total. The van der Waals surface area contributed by atoms with Crippen molar-refractivity contribution >= 4 is 16.6 Å². The van der Waals surface area contributed by atoms with Crippen LogP contribution in [0, 0.1) is 0 Å². The third-order valence-corrected chi connectivity index (χ3v) is 2.77. The van der Waals surface area contributed by atoms with Gasteiger partial charge >= 0.3 is 0 Å². The van der Waals surface area contributed by atoms with Crippen molar-refractivity contribution in [3.63, 3.8) is 0 Å². The number of aliphatic hydroxyl groups excluding tert-OH is 1. The number of aliphatic hydroxyl groups is 1. The van der Waals surface area contributed by atoms with Gasteiger partial charge in [-0.25, -0.2) is 0 Å². The molecule has 82 valence electrons. The van der Waals surface area contributed by atoms with Gasteiger partial charge in [-0.2, -0.15) is 0 Å². The van der Waals surface area contributed by atoms with E-state index in [0.29, 0.717) is 12.0 Å². The summed E-state index contributed by atoms with van der Waals surface area (Å²) in [5.41, 5.74) is 0.699. The zero-order valence-corrected chi connectivity index (χ0v) is 9.18. The Morgan fingerprint density at radius 2 is 1.88 bits per heavy atom. The molecule has 0 radical (unpaired) electrons. The van der Waals surface area contributed by atoms with Gasteiger partial charge in [0.1, 0.15) is 6.10 Å². The van der Waals surface area contributed by atoms with Crippen molar-refractivity contribution < 1.29 is 9.90 Å². The molecule has 0 heterocycles. The molecule has 0 saturated carbocycles. The molecule has 0 aliphatic rings. The Labute approximate surface area is 94.5 Å². The highest BCUT2D eigenvalue weighted by atomic mass is 16.3. The SMILES string of the molecule is CCC(=O)C(O)c1cccc2ccccc12. The van der Waals surface area contributed by atoms with Gasteiger partial charge in [0.25, 0.3) is 0 Å². The molecular formula is C14H14O2. The number of benzene rings is 2. The minimum atomic E-state index is -1.00. The summed E-state index contributed by atoms with van der Waals surface area (Å²) in [6, 6.07) is 13.4. The third-order valence-electron chi connectivity index (χ3n) is 2.77. The number of Topliss-reactive ketones (excluding diaryl/α,β-unsaturated/α-hetero) is 1. The van der Waals surface area contributed by atoms with Crippen LogP contribution in [0.3, 0.4) is 0 Å². The minimum Gasteiger partial charge on any atom is -0.381 e. The summed E-state index contributed by atoms with van der Waals surface area (Å²) in [6.07, 6.45) is -0.652. The molecule has 0 fully saturated rings. The second-order valence-corrected chi connectivity index (χ2v) is 3.79. The molecule has 0 amide bonds. The number of carbonyl (C=O) groups excluding carboxylic acids is 1. The average Bonchev–Trinajstić information content (AvgIpc) is 2.36. The van der Waals surface area contributed by atoms with Gasteiger partial charge in [0.15, 0.2) is 5.78 Å². The van der Waals surface area contributed by atoms with Crippen molar-refractivity contribution in [3.05, 3.63) is 48.0 Å². The molecule has 0 spiro atoms. The van der Waals surface area contributed by atoms with E-state index in [1.807, 2.05) is 36.4 Å². The minimum absolute atomic E-state index is 0.142. The van der Waals surface area contributed by atoms with Gasteiger partial charge in [0, 0.05) is 6.42 Å². The van der Waals surface area contributed by atoms with E-state index >= 15 is 0 Å². The second kappa shape index (κ2) is 4.45. The van der Waals surface area contributed by atoms with Crippen LogP contribution in [-0.2, 0) is 4.79 Å². The van der Waals surface area contributed by atoms with Crippen LogP contribution in [0.25, 0.3) is 10.8 Å². The van der Waals surface area contributed by atoms with Crippen molar-refractivity contribution in [2.45, 2.75) is 19.4 Å². The van der Waals surface area contributed by atoms with Crippen LogP contribution in [0.5, 0.6) is 0 Å². The van der Waals surface area contributed by atoms with Gasteiger partial charge in [-0.3, -0.25) is 4.79 Å². The first-order chi connectivity index (χ1) is 7.74. The first-order valence-electron chi connectivity index (χ1n) is 5.42.